The van der Waals surface area contributed by atoms with Gasteiger partial charge in [0.2, 0.25) is 5.91 Å². The number of aromatic nitrogens is 2. The summed E-state index contributed by atoms with van der Waals surface area (Å²) in [5.41, 5.74) is 2.89. The summed E-state index contributed by atoms with van der Waals surface area (Å²) in [7, 11) is 0. The number of hydrogen-bond acceptors (Lipinski definition) is 6. The average molecular weight is 300 g/mol. The maximum atomic E-state index is 11.2. The number of para-hydroxylation sites is 1. The van der Waals surface area contributed by atoms with E-state index in [2.05, 4.69) is 20.6 Å². The van der Waals surface area contributed by atoms with Crippen LogP contribution in [0.4, 0.5) is 16.5 Å². The molecular formula is C14H12N4O2S. The second kappa shape index (κ2) is 5.37. The molecule has 3 N–H and O–H groups in total. The molecule has 0 spiro atoms. The number of aromatic hydroxyl groups is 1. The lowest BCUT2D eigenvalue weighted by Gasteiger charge is -2.11. The first kappa shape index (κ1) is 13.3. The third-order valence-corrected chi connectivity index (χ3v) is 3.50. The third kappa shape index (κ3) is 2.77. The number of phenols is 1. The summed E-state index contributed by atoms with van der Waals surface area (Å²) in [5.74, 6) is 0.219. The molecule has 0 saturated carbocycles. The van der Waals surface area contributed by atoms with Crippen molar-refractivity contribution in [3.8, 4) is 5.75 Å². The number of carbonyl (C=O) groups is 1. The topological polar surface area (TPSA) is 87.1 Å². The smallest absolute Gasteiger partial charge is 0.222 e. The number of thiazole rings is 1. The number of benzene rings is 1. The minimum absolute atomic E-state index is 0.0621. The fourth-order valence-corrected chi connectivity index (χ4v) is 2.52. The van der Waals surface area contributed by atoms with E-state index in [-0.39, 0.29) is 11.7 Å². The van der Waals surface area contributed by atoms with E-state index in [0.29, 0.717) is 11.3 Å². The first-order chi connectivity index (χ1) is 10.1. The molecule has 0 aliphatic rings. The Morgan fingerprint density at radius 1 is 1.38 bits per heavy atom. The van der Waals surface area contributed by atoms with Gasteiger partial charge in [0.15, 0.2) is 0 Å². The molecule has 1 amide bonds. The van der Waals surface area contributed by atoms with Crippen LogP contribution in [0, 0.1) is 0 Å². The predicted octanol–water partition coefficient (Wildman–Crippen LogP) is 3.10. The number of anilines is 3. The Morgan fingerprint density at radius 3 is 2.95 bits per heavy atom. The summed E-state index contributed by atoms with van der Waals surface area (Å²) in [6.07, 6.45) is 1.71. The summed E-state index contributed by atoms with van der Waals surface area (Å²) in [4.78, 5) is 19.5. The van der Waals surface area contributed by atoms with Crippen molar-refractivity contribution >= 4 is 44.7 Å². The zero-order valence-corrected chi connectivity index (χ0v) is 11.9. The van der Waals surface area contributed by atoms with Crippen molar-refractivity contribution in [3.05, 3.63) is 36.0 Å². The van der Waals surface area contributed by atoms with Crippen LogP contribution >= 0.6 is 11.3 Å². The van der Waals surface area contributed by atoms with Crippen LogP contribution < -0.4 is 10.6 Å². The Morgan fingerprint density at radius 2 is 2.24 bits per heavy atom. The van der Waals surface area contributed by atoms with Crippen LogP contribution in [-0.2, 0) is 4.79 Å². The quantitative estimate of drug-likeness (QED) is 0.692. The largest absolute Gasteiger partial charge is 0.506 e. The maximum Gasteiger partial charge on any atom is 0.222 e. The van der Waals surface area contributed by atoms with Gasteiger partial charge in [-0.2, -0.15) is 0 Å². The highest BCUT2D eigenvalue weighted by Crippen LogP contribution is 2.33. The fraction of sp³-hybridized carbons (Fsp3) is 0.0714. The molecule has 3 aromatic rings. The number of fused-ring (bicyclic) bond motifs is 1. The molecule has 0 aliphatic heterocycles. The minimum atomic E-state index is -0.221. The lowest BCUT2D eigenvalue weighted by molar-refractivity contribution is -0.114. The Balaban J connectivity index is 2.15. The summed E-state index contributed by atoms with van der Waals surface area (Å²) in [5, 5.41) is 17.4. The summed E-state index contributed by atoms with van der Waals surface area (Å²) in [6, 6.07) is 6.88. The number of pyridine rings is 1. The second-order valence-corrected chi connectivity index (χ2v) is 5.29. The van der Waals surface area contributed by atoms with Crippen molar-refractivity contribution in [2.45, 2.75) is 6.92 Å². The van der Waals surface area contributed by atoms with E-state index in [0.717, 1.165) is 16.1 Å². The van der Waals surface area contributed by atoms with Gasteiger partial charge in [0.05, 0.1) is 17.4 Å². The van der Waals surface area contributed by atoms with Gasteiger partial charge < -0.3 is 15.7 Å². The Hall–Kier alpha value is -2.67. The van der Waals surface area contributed by atoms with E-state index in [1.54, 1.807) is 29.9 Å². The summed E-state index contributed by atoms with van der Waals surface area (Å²) in [6.45, 7) is 1.41. The molecule has 0 aliphatic carbocycles. The Bertz CT molecular complexity index is 802. The van der Waals surface area contributed by atoms with Gasteiger partial charge in [0, 0.05) is 18.4 Å². The normalized spacial score (nSPS) is 10.5. The highest BCUT2D eigenvalue weighted by Gasteiger charge is 2.10. The van der Waals surface area contributed by atoms with E-state index in [4.69, 9.17) is 0 Å². The molecule has 2 heterocycles. The van der Waals surface area contributed by atoms with Gasteiger partial charge in [-0.1, -0.05) is 12.1 Å². The highest BCUT2D eigenvalue weighted by atomic mass is 32.1. The molecular weight excluding hydrogens is 288 g/mol. The molecule has 3 rings (SSSR count). The molecule has 1 aromatic carbocycles. The zero-order chi connectivity index (χ0) is 14.8. The molecule has 6 nitrogen and oxygen atoms in total. The van der Waals surface area contributed by atoms with Crippen LogP contribution in [-0.4, -0.2) is 21.0 Å². The lowest BCUT2D eigenvalue weighted by atomic mass is 10.1. The molecule has 0 saturated heterocycles. The predicted molar refractivity (Wildman–Crippen MR) is 83.1 cm³/mol. The zero-order valence-electron chi connectivity index (χ0n) is 11.1. The summed E-state index contributed by atoms with van der Waals surface area (Å²) < 4.78 is 0. The lowest BCUT2D eigenvalue weighted by Crippen LogP contribution is -2.08. The molecule has 21 heavy (non-hydrogen) atoms. The number of phenolic OH excluding ortho intramolecular Hbond substituents is 1. The van der Waals surface area contributed by atoms with Crippen molar-refractivity contribution < 1.29 is 9.90 Å². The Labute approximate surface area is 124 Å². The van der Waals surface area contributed by atoms with Crippen LogP contribution in [0.1, 0.15) is 6.92 Å². The van der Waals surface area contributed by atoms with E-state index >= 15 is 0 Å². The first-order valence-electron chi connectivity index (χ1n) is 6.19. The van der Waals surface area contributed by atoms with E-state index in [1.165, 1.54) is 18.3 Å². The van der Waals surface area contributed by atoms with Gasteiger partial charge in [-0.05, 0) is 6.07 Å². The number of rotatable bonds is 3. The van der Waals surface area contributed by atoms with Crippen LogP contribution in [0.15, 0.2) is 36.0 Å². The number of amides is 1. The highest BCUT2D eigenvalue weighted by molar-refractivity contribution is 7.13. The number of hydrogen-bond donors (Lipinski definition) is 3. The average Bonchev–Trinajstić information content (AvgIpc) is 2.92. The van der Waals surface area contributed by atoms with Gasteiger partial charge in [-0.3, -0.25) is 9.78 Å². The number of nitrogens with zero attached hydrogens (tertiary/aromatic N) is 2. The SMILES string of the molecule is CC(=O)Nc1cc(Nc2cncs2)c2cccc(O)c2n1. The van der Waals surface area contributed by atoms with Crippen molar-refractivity contribution in [3.63, 3.8) is 0 Å². The molecule has 0 atom stereocenters. The molecule has 2 aromatic heterocycles. The molecule has 0 radical (unpaired) electrons. The number of carbonyl (C=O) groups excluding carboxylic acids is 1. The first-order valence-corrected chi connectivity index (χ1v) is 7.07. The van der Waals surface area contributed by atoms with Crippen LogP contribution in [0.2, 0.25) is 0 Å². The third-order valence-electron chi connectivity index (χ3n) is 2.81. The van der Waals surface area contributed by atoms with Crippen LogP contribution in [0.25, 0.3) is 10.9 Å². The molecule has 106 valence electrons. The van der Waals surface area contributed by atoms with E-state index in [9.17, 15) is 9.90 Å². The molecule has 0 fully saturated rings. The van der Waals surface area contributed by atoms with Crippen LogP contribution in [0.3, 0.4) is 0 Å². The van der Waals surface area contributed by atoms with Crippen molar-refractivity contribution in [2.75, 3.05) is 10.6 Å². The molecule has 0 unspecified atom stereocenters. The van der Waals surface area contributed by atoms with Gasteiger partial charge in [-0.15, -0.1) is 11.3 Å². The molecule has 0 bridgehead atoms. The van der Waals surface area contributed by atoms with Crippen LogP contribution in [0.5, 0.6) is 5.75 Å². The Kier molecular flexibility index (Phi) is 3.41. The van der Waals surface area contributed by atoms with E-state index < -0.39 is 0 Å². The van der Waals surface area contributed by atoms with Gasteiger partial charge in [-0.25, -0.2) is 4.98 Å². The van der Waals surface area contributed by atoms with Crippen molar-refractivity contribution in [2.24, 2.45) is 0 Å². The van der Waals surface area contributed by atoms with Gasteiger partial charge >= 0.3 is 0 Å². The van der Waals surface area contributed by atoms with Gasteiger partial charge in [0.1, 0.15) is 22.1 Å². The van der Waals surface area contributed by atoms with Crippen molar-refractivity contribution in [1.82, 2.24) is 9.97 Å². The monoisotopic (exact) mass is 300 g/mol. The standard InChI is InChI=1S/C14H12N4O2S/c1-8(19)16-12-5-10(17-13-6-15-7-21-13)9-3-2-4-11(20)14(9)18-12/h2-7,20H,1H3,(H2,16,17,18,19). The van der Waals surface area contributed by atoms with Crippen molar-refractivity contribution in [1.29, 1.82) is 0 Å². The second-order valence-electron chi connectivity index (χ2n) is 4.40. The minimum Gasteiger partial charge on any atom is -0.506 e. The molecule has 7 heteroatoms. The fourth-order valence-electron chi connectivity index (χ4n) is 1.99. The summed E-state index contributed by atoms with van der Waals surface area (Å²) >= 11 is 1.46. The maximum absolute atomic E-state index is 11.2. The van der Waals surface area contributed by atoms with Gasteiger partial charge in [0.25, 0.3) is 0 Å². The number of nitrogens with one attached hydrogen (secondary N) is 2. The van der Waals surface area contributed by atoms with E-state index in [1.807, 2.05) is 6.07 Å².